The third-order valence-electron chi connectivity index (χ3n) is 6.32. The molecule has 0 aromatic heterocycles. The SMILES string of the molecule is COC(=O)[C@@H](CCCCCCCC(=O)O)C1CC(C)(C)N(C)C(C)(C)C1. The Balaban J connectivity index is 2.59. The minimum Gasteiger partial charge on any atom is -0.481 e. The molecule has 1 rings (SSSR count). The average Bonchev–Trinajstić information content (AvgIpc) is 2.53. The van der Waals surface area contributed by atoms with E-state index in [2.05, 4.69) is 39.6 Å². The second-order valence-corrected chi connectivity index (χ2v) is 9.18. The molecular formula is C21H39NO4. The van der Waals surface area contributed by atoms with Crippen molar-refractivity contribution in [3.63, 3.8) is 0 Å². The van der Waals surface area contributed by atoms with Gasteiger partial charge in [0, 0.05) is 17.5 Å². The van der Waals surface area contributed by atoms with Gasteiger partial charge in [-0.2, -0.15) is 0 Å². The second kappa shape index (κ2) is 9.72. The van der Waals surface area contributed by atoms with Crippen LogP contribution in [-0.4, -0.2) is 47.2 Å². The van der Waals surface area contributed by atoms with E-state index in [1.165, 1.54) is 7.11 Å². The van der Waals surface area contributed by atoms with Gasteiger partial charge in [-0.15, -0.1) is 0 Å². The summed E-state index contributed by atoms with van der Waals surface area (Å²) in [5.74, 6) is -0.484. The fraction of sp³-hybridized carbons (Fsp3) is 0.905. The first-order valence-electron chi connectivity index (χ1n) is 10.0. The monoisotopic (exact) mass is 369 g/mol. The van der Waals surface area contributed by atoms with Gasteiger partial charge in [0.2, 0.25) is 0 Å². The molecule has 0 aromatic rings. The lowest BCUT2D eigenvalue weighted by molar-refractivity contribution is -0.151. The van der Waals surface area contributed by atoms with Gasteiger partial charge >= 0.3 is 11.9 Å². The molecule has 26 heavy (non-hydrogen) atoms. The van der Waals surface area contributed by atoms with Gasteiger partial charge in [-0.1, -0.05) is 25.7 Å². The molecule has 0 spiro atoms. The molecule has 0 aliphatic carbocycles. The van der Waals surface area contributed by atoms with E-state index >= 15 is 0 Å². The Labute approximate surface area is 159 Å². The van der Waals surface area contributed by atoms with Gasteiger partial charge in [0.1, 0.15) is 0 Å². The average molecular weight is 370 g/mol. The van der Waals surface area contributed by atoms with Gasteiger partial charge in [0.05, 0.1) is 13.0 Å². The lowest BCUT2D eigenvalue weighted by Crippen LogP contribution is -2.59. The molecule has 1 saturated heterocycles. The van der Waals surface area contributed by atoms with E-state index in [0.29, 0.717) is 5.92 Å². The smallest absolute Gasteiger partial charge is 0.308 e. The summed E-state index contributed by atoms with van der Waals surface area (Å²) in [7, 11) is 3.67. The molecular weight excluding hydrogens is 330 g/mol. The minimum atomic E-state index is -0.719. The van der Waals surface area contributed by atoms with Gasteiger partial charge < -0.3 is 9.84 Å². The molecule has 0 amide bonds. The Morgan fingerprint density at radius 2 is 1.54 bits per heavy atom. The predicted octanol–water partition coefficient (Wildman–Crippen LogP) is 4.49. The van der Waals surface area contributed by atoms with Gasteiger partial charge in [-0.05, 0) is 66.3 Å². The van der Waals surface area contributed by atoms with E-state index in [-0.39, 0.29) is 29.4 Å². The second-order valence-electron chi connectivity index (χ2n) is 9.18. The van der Waals surface area contributed by atoms with Crippen LogP contribution >= 0.6 is 0 Å². The number of piperidine rings is 1. The zero-order chi connectivity index (χ0) is 20.0. The predicted molar refractivity (Wildman–Crippen MR) is 104 cm³/mol. The molecule has 0 bridgehead atoms. The highest BCUT2D eigenvalue weighted by Gasteiger charge is 2.46. The van der Waals surface area contributed by atoms with Crippen LogP contribution in [0.4, 0.5) is 0 Å². The number of methoxy groups -OCH3 is 1. The number of aliphatic carboxylic acids is 1. The van der Waals surface area contributed by atoms with Crippen molar-refractivity contribution < 1.29 is 19.4 Å². The quantitative estimate of drug-likeness (QED) is 0.454. The molecule has 1 fully saturated rings. The number of esters is 1. The summed E-state index contributed by atoms with van der Waals surface area (Å²) in [5.41, 5.74) is 0.130. The number of hydrogen-bond donors (Lipinski definition) is 1. The highest BCUT2D eigenvalue weighted by atomic mass is 16.5. The van der Waals surface area contributed by atoms with Crippen LogP contribution < -0.4 is 0 Å². The molecule has 1 N–H and O–H groups in total. The molecule has 5 nitrogen and oxygen atoms in total. The van der Waals surface area contributed by atoms with E-state index in [1.54, 1.807) is 0 Å². The molecule has 1 aliphatic rings. The summed E-state index contributed by atoms with van der Waals surface area (Å²) in [5, 5.41) is 8.67. The Morgan fingerprint density at radius 3 is 2.04 bits per heavy atom. The molecule has 1 aliphatic heterocycles. The number of nitrogens with zero attached hydrogens (tertiary/aromatic N) is 1. The van der Waals surface area contributed by atoms with Gasteiger partial charge in [-0.3, -0.25) is 14.5 Å². The highest BCUT2D eigenvalue weighted by molar-refractivity contribution is 5.72. The number of unbranched alkanes of at least 4 members (excludes halogenated alkanes) is 4. The zero-order valence-corrected chi connectivity index (χ0v) is 17.6. The van der Waals surface area contributed by atoms with Crippen LogP contribution in [0.25, 0.3) is 0 Å². The van der Waals surface area contributed by atoms with Crippen molar-refractivity contribution >= 4 is 11.9 Å². The van der Waals surface area contributed by atoms with Crippen LogP contribution in [-0.2, 0) is 14.3 Å². The standard InChI is InChI=1S/C21H39NO4/c1-20(2)14-16(15-21(3,4)22(20)5)17(19(25)26-6)12-10-8-7-9-11-13-18(23)24/h16-17H,7-15H2,1-6H3,(H,23,24)/t17-/m0/s1. The third-order valence-corrected chi connectivity index (χ3v) is 6.32. The molecule has 5 heteroatoms. The third kappa shape index (κ3) is 6.57. The van der Waals surface area contributed by atoms with Crippen molar-refractivity contribution in [2.45, 2.75) is 96.6 Å². The zero-order valence-electron chi connectivity index (χ0n) is 17.6. The Morgan fingerprint density at radius 1 is 1.04 bits per heavy atom. The number of likely N-dealkylation sites (tertiary alicyclic amines) is 1. The fourth-order valence-electron chi connectivity index (χ4n) is 4.60. The maximum Gasteiger partial charge on any atom is 0.308 e. The van der Waals surface area contributed by atoms with Crippen LogP contribution in [0, 0.1) is 11.8 Å². The number of rotatable bonds is 10. The summed E-state index contributed by atoms with van der Waals surface area (Å²) in [6.07, 6.45) is 7.90. The Kier molecular flexibility index (Phi) is 8.58. The maximum absolute atomic E-state index is 12.5. The number of carbonyl (C=O) groups is 2. The number of carboxylic acids is 1. The van der Waals surface area contributed by atoms with Crippen molar-refractivity contribution in [3.05, 3.63) is 0 Å². The lowest BCUT2D eigenvalue weighted by atomic mass is 9.68. The molecule has 0 unspecified atom stereocenters. The molecule has 152 valence electrons. The molecule has 1 atom stereocenters. The topological polar surface area (TPSA) is 66.8 Å². The summed E-state index contributed by atoms with van der Waals surface area (Å²) >= 11 is 0. The van der Waals surface area contributed by atoms with Gasteiger partial charge in [-0.25, -0.2) is 0 Å². The Bertz CT molecular complexity index is 455. The molecule has 1 heterocycles. The largest absolute Gasteiger partial charge is 0.481 e. The first kappa shape index (κ1) is 22.9. The van der Waals surface area contributed by atoms with Gasteiger partial charge in [0.25, 0.3) is 0 Å². The lowest BCUT2D eigenvalue weighted by Gasteiger charge is -2.54. The normalized spacial score (nSPS) is 21.3. The van der Waals surface area contributed by atoms with Crippen molar-refractivity contribution in [1.29, 1.82) is 0 Å². The summed E-state index contributed by atoms with van der Waals surface area (Å²) in [6, 6.07) is 0. The van der Waals surface area contributed by atoms with Crippen molar-refractivity contribution in [2.24, 2.45) is 11.8 Å². The number of carbonyl (C=O) groups excluding carboxylic acids is 1. The van der Waals surface area contributed by atoms with E-state index in [9.17, 15) is 9.59 Å². The first-order chi connectivity index (χ1) is 12.0. The first-order valence-corrected chi connectivity index (χ1v) is 10.0. The minimum absolute atomic E-state index is 0.0359. The van der Waals surface area contributed by atoms with Crippen LogP contribution in [0.3, 0.4) is 0 Å². The Hall–Kier alpha value is -1.10. The maximum atomic E-state index is 12.5. The number of hydrogen-bond acceptors (Lipinski definition) is 4. The van der Waals surface area contributed by atoms with E-state index in [1.807, 2.05) is 0 Å². The fourth-order valence-corrected chi connectivity index (χ4v) is 4.60. The van der Waals surface area contributed by atoms with Crippen molar-refractivity contribution in [1.82, 2.24) is 4.90 Å². The number of carboxylic acid groups (broad SMARTS) is 1. The van der Waals surface area contributed by atoms with E-state index < -0.39 is 5.97 Å². The van der Waals surface area contributed by atoms with Crippen LogP contribution in [0.15, 0.2) is 0 Å². The van der Waals surface area contributed by atoms with Crippen LogP contribution in [0.1, 0.15) is 85.5 Å². The molecule has 0 saturated carbocycles. The number of ether oxygens (including phenoxy) is 1. The summed E-state index contributed by atoms with van der Waals surface area (Å²) in [6.45, 7) is 9.05. The molecule has 0 aromatic carbocycles. The van der Waals surface area contributed by atoms with E-state index in [0.717, 1.165) is 51.4 Å². The van der Waals surface area contributed by atoms with Crippen molar-refractivity contribution in [2.75, 3.05) is 14.2 Å². The van der Waals surface area contributed by atoms with Gasteiger partial charge in [0.15, 0.2) is 0 Å². The van der Waals surface area contributed by atoms with Crippen LogP contribution in [0.5, 0.6) is 0 Å². The molecule has 0 radical (unpaired) electrons. The van der Waals surface area contributed by atoms with Crippen molar-refractivity contribution in [3.8, 4) is 0 Å². The van der Waals surface area contributed by atoms with E-state index in [4.69, 9.17) is 9.84 Å². The summed E-state index contributed by atoms with van der Waals surface area (Å²) < 4.78 is 5.13. The van der Waals surface area contributed by atoms with Crippen LogP contribution in [0.2, 0.25) is 0 Å². The summed E-state index contributed by atoms with van der Waals surface area (Å²) in [4.78, 5) is 25.4. The highest BCUT2D eigenvalue weighted by Crippen LogP contribution is 2.44.